The monoisotopic (exact) mass is 465 g/mol. The second-order valence-electron chi connectivity index (χ2n) is 9.84. The molecule has 34 heavy (non-hydrogen) atoms. The largest absolute Gasteiger partial charge is 0.493 e. The number of aryl methyl sites for hydroxylation is 1. The van der Waals surface area contributed by atoms with Gasteiger partial charge in [0.05, 0.1) is 14.2 Å². The smallest absolute Gasteiger partial charge is 0.348 e. The summed E-state index contributed by atoms with van der Waals surface area (Å²) in [6.07, 6.45) is 3.26. The number of hydrogen-bond acceptors (Lipinski definition) is 4. The molecule has 6 nitrogen and oxygen atoms in total. The summed E-state index contributed by atoms with van der Waals surface area (Å²) in [5, 5.41) is 0. The Balaban J connectivity index is 1.58. The molecule has 0 spiro atoms. The van der Waals surface area contributed by atoms with Crippen LogP contribution >= 0.6 is 0 Å². The molecule has 3 aromatic rings. The first-order valence-electron chi connectivity index (χ1n) is 12.3. The van der Waals surface area contributed by atoms with Gasteiger partial charge in [0, 0.05) is 0 Å². The van der Waals surface area contributed by atoms with Crippen LogP contribution < -0.4 is 14.0 Å². The number of esters is 1. The van der Waals surface area contributed by atoms with Crippen molar-refractivity contribution in [2.24, 2.45) is 24.8 Å². The molecule has 0 bridgehead atoms. The van der Waals surface area contributed by atoms with E-state index >= 15 is 0 Å². The molecule has 4 rings (SSSR count). The van der Waals surface area contributed by atoms with E-state index in [1.165, 1.54) is 6.42 Å². The van der Waals surface area contributed by atoms with E-state index in [2.05, 4.69) is 31.4 Å². The minimum Gasteiger partial charge on any atom is -0.493 e. The van der Waals surface area contributed by atoms with Gasteiger partial charge in [0.25, 0.3) is 5.82 Å². The number of carbonyl (C=O) groups is 1. The molecule has 1 saturated carbocycles. The van der Waals surface area contributed by atoms with Gasteiger partial charge >= 0.3 is 5.97 Å². The zero-order valence-corrected chi connectivity index (χ0v) is 21.0. The third-order valence-corrected chi connectivity index (χ3v) is 7.19. The van der Waals surface area contributed by atoms with Crippen molar-refractivity contribution in [3.63, 3.8) is 0 Å². The van der Waals surface area contributed by atoms with E-state index < -0.39 is 0 Å². The first kappa shape index (κ1) is 24.1. The van der Waals surface area contributed by atoms with Crippen molar-refractivity contribution < 1.29 is 23.6 Å². The number of para-hydroxylation sites is 4. The molecule has 1 fully saturated rings. The van der Waals surface area contributed by atoms with E-state index in [4.69, 9.17) is 14.2 Å². The fourth-order valence-corrected chi connectivity index (χ4v) is 5.25. The third-order valence-electron chi connectivity index (χ3n) is 7.19. The number of benzene rings is 2. The Morgan fingerprint density at radius 2 is 1.79 bits per heavy atom. The molecule has 1 heterocycles. The number of fused-ring (bicyclic) bond motifs is 1. The molecule has 6 heteroatoms. The maximum absolute atomic E-state index is 13.2. The van der Waals surface area contributed by atoms with Crippen molar-refractivity contribution in [3.05, 3.63) is 54.4 Å². The number of ether oxygens (including phenoxy) is 3. The summed E-state index contributed by atoms with van der Waals surface area (Å²) in [4.78, 5) is 13.2. The highest BCUT2D eigenvalue weighted by Gasteiger charge is 2.34. The summed E-state index contributed by atoms with van der Waals surface area (Å²) < 4.78 is 21.8. The van der Waals surface area contributed by atoms with Gasteiger partial charge in [-0.2, -0.15) is 0 Å². The number of rotatable bonds is 8. The molecule has 0 N–H and O–H groups in total. The zero-order valence-electron chi connectivity index (χ0n) is 21.0. The van der Waals surface area contributed by atoms with Gasteiger partial charge in [-0.1, -0.05) is 51.5 Å². The van der Waals surface area contributed by atoms with Gasteiger partial charge in [0.1, 0.15) is 6.10 Å². The van der Waals surface area contributed by atoms with Crippen LogP contribution in [0.2, 0.25) is 0 Å². The summed E-state index contributed by atoms with van der Waals surface area (Å²) in [6.45, 7) is 7.17. The quantitative estimate of drug-likeness (QED) is 0.345. The summed E-state index contributed by atoms with van der Waals surface area (Å²) in [7, 11) is 3.63. The summed E-state index contributed by atoms with van der Waals surface area (Å²) in [5.41, 5.74) is 2.03. The van der Waals surface area contributed by atoms with Crippen LogP contribution in [0.3, 0.4) is 0 Å². The number of nitrogens with zero attached hydrogens (tertiary/aromatic N) is 2. The normalized spacial score (nSPS) is 20.5. The van der Waals surface area contributed by atoms with Crippen LogP contribution in [0.5, 0.6) is 11.5 Å². The van der Waals surface area contributed by atoms with Crippen molar-refractivity contribution >= 4 is 17.0 Å². The minimum absolute atomic E-state index is 0.0138. The van der Waals surface area contributed by atoms with Crippen LogP contribution in [0, 0.1) is 17.8 Å². The fraction of sp³-hybridized carbons (Fsp3) is 0.500. The lowest BCUT2D eigenvalue weighted by Crippen LogP contribution is -2.37. The van der Waals surface area contributed by atoms with Crippen LogP contribution in [0.1, 0.15) is 45.9 Å². The molecule has 1 aliphatic rings. The molecule has 1 aliphatic carbocycles. The Bertz CT molecular complexity index is 1140. The second-order valence-corrected chi connectivity index (χ2v) is 9.84. The standard InChI is InChI=1S/C28H37N2O4/c1-19(2)21-15-14-20(3)16-26(21)34-28(31)17-30-23-11-7-6-10-22(23)29(4)27(30)18-33-25-13-9-8-12-24(25)32-5/h6-13,19-21,26H,14-18H2,1-5H3/q+1/t20-,21-,26+/m0/s1. The lowest BCUT2D eigenvalue weighted by molar-refractivity contribution is -0.655. The number of aromatic nitrogens is 2. The highest BCUT2D eigenvalue weighted by atomic mass is 16.5. The van der Waals surface area contributed by atoms with Crippen LogP contribution in [0.25, 0.3) is 11.0 Å². The number of imidazole rings is 1. The van der Waals surface area contributed by atoms with Gasteiger partial charge < -0.3 is 14.2 Å². The molecular weight excluding hydrogens is 428 g/mol. The Hall–Kier alpha value is -3.02. The van der Waals surface area contributed by atoms with Crippen LogP contribution in [-0.2, 0) is 29.7 Å². The number of hydrogen-bond donors (Lipinski definition) is 0. The predicted molar refractivity (Wildman–Crippen MR) is 132 cm³/mol. The highest BCUT2D eigenvalue weighted by molar-refractivity contribution is 5.76. The average Bonchev–Trinajstić information content (AvgIpc) is 3.08. The molecule has 0 amide bonds. The first-order valence-corrected chi connectivity index (χ1v) is 12.3. The van der Waals surface area contributed by atoms with E-state index in [1.807, 2.05) is 54.1 Å². The third kappa shape index (κ3) is 5.06. The van der Waals surface area contributed by atoms with Gasteiger partial charge in [-0.25, -0.2) is 13.9 Å². The average molecular weight is 466 g/mol. The van der Waals surface area contributed by atoms with Crippen molar-refractivity contribution in [2.45, 2.75) is 59.3 Å². The summed E-state index contributed by atoms with van der Waals surface area (Å²) >= 11 is 0. The maximum Gasteiger partial charge on any atom is 0.348 e. The number of methoxy groups -OCH3 is 1. The molecule has 0 saturated heterocycles. The lowest BCUT2D eigenvalue weighted by atomic mass is 9.75. The predicted octanol–water partition coefficient (Wildman–Crippen LogP) is 5.06. The van der Waals surface area contributed by atoms with Crippen LogP contribution in [0.4, 0.5) is 0 Å². The Kier molecular flexibility index (Phi) is 7.44. The minimum atomic E-state index is -0.190. The van der Waals surface area contributed by atoms with Gasteiger partial charge in [0.15, 0.2) is 35.7 Å². The van der Waals surface area contributed by atoms with Crippen molar-refractivity contribution in [1.82, 2.24) is 4.57 Å². The molecule has 0 unspecified atom stereocenters. The van der Waals surface area contributed by atoms with Gasteiger partial charge in [0.2, 0.25) is 0 Å². The second kappa shape index (κ2) is 10.5. The molecule has 0 aliphatic heterocycles. The summed E-state index contributed by atoms with van der Waals surface area (Å²) in [6, 6.07) is 15.7. The molecule has 182 valence electrons. The summed E-state index contributed by atoms with van der Waals surface area (Å²) in [5.74, 6) is 3.55. The number of carbonyl (C=O) groups excluding carboxylic acids is 1. The fourth-order valence-electron chi connectivity index (χ4n) is 5.25. The SMILES string of the molecule is COc1ccccc1OCc1n(CC(=O)O[C@@H]2C[C@@H](C)CC[C@H]2C(C)C)c2ccccc2[n+]1C. The van der Waals surface area contributed by atoms with Crippen LogP contribution in [0.15, 0.2) is 48.5 Å². The lowest BCUT2D eigenvalue weighted by Gasteiger charge is -2.36. The van der Waals surface area contributed by atoms with Gasteiger partial charge in [-0.15, -0.1) is 0 Å². The van der Waals surface area contributed by atoms with Gasteiger partial charge in [-0.3, -0.25) is 0 Å². The molecule has 2 aromatic carbocycles. The van der Waals surface area contributed by atoms with Crippen molar-refractivity contribution in [2.75, 3.05) is 7.11 Å². The topological polar surface area (TPSA) is 53.6 Å². The van der Waals surface area contributed by atoms with E-state index in [-0.39, 0.29) is 18.6 Å². The van der Waals surface area contributed by atoms with E-state index in [1.54, 1.807) is 7.11 Å². The Morgan fingerprint density at radius 3 is 2.53 bits per heavy atom. The van der Waals surface area contributed by atoms with E-state index in [0.29, 0.717) is 35.9 Å². The Morgan fingerprint density at radius 1 is 1.09 bits per heavy atom. The molecule has 0 radical (unpaired) electrons. The van der Waals surface area contributed by atoms with Gasteiger partial charge in [-0.05, 0) is 54.9 Å². The maximum atomic E-state index is 13.2. The van der Waals surface area contributed by atoms with Crippen molar-refractivity contribution in [1.29, 1.82) is 0 Å². The first-order chi connectivity index (χ1) is 16.4. The molecular formula is C28H37N2O4+. The Labute approximate surface area is 202 Å². The van der Waals surface area contributed by atoms with Crippen LogP contribution in [-0.4, -0.2) is 23.8 Å². The molecule has 3 atom stereocenters. The zero-order chi connectivity index (χ0) is 24.2. The van der Waals surface area contributed by atoms with Crippen molar-refractivity contribution in [3.8, 4) is 11.5 Å². The van der Waals surface area contributed by atoms with E-state index in [0.717, 1.165) is 29.7 Å². The molecule has 1 aromatic heterocycles. The van der Waals surface area contributed by atoms with E-state index in [9.17, 15) is 4.79 Å². The highest BCUT2D eigenvalue weighted by Crippen LogP contribution is 2.35.